The third-order valence-corrected chi connectivity index (χ3v) is 4.40. The molecule has 0 atom stereocenters. The van der Waals surface area contributed by atoms with E-state index in [-0.39, 0.29) is 10.8 Å². The monoisotopic (exact) mass is 323 g/mol. The second-order valence-corrected chi connectivity index (χ2v) is 6.40. The van der Waals surface area contributed by atoms with E-state index in [1.54, 1.807) is 4.90 Å². The number of anilines is 1. The quantitative estimate of drug-likeness (QED) is 0.832. The van der Waals surface area contributed by atoms with Crippen LogP contribution in [-0.2, 0) is 17.0 Å². The summed E-state index contributed by atoms with van der Waals surface area (Å²) in [5, 5.41) is 0. The Bertz CT molecular complexity index is 552. The van der Waals surface area contributed by atoms with Crippen molar-refractivity contribution in [2.24, 2.45) is 5.73 Å². The van der Waals surface area contributed by atoms with Gasteiger partial charge in [0.1, 0.15) is 16.5 Å². The summed E-state index contributed by atoms with van der Waals surface area (Å²) in [6.07, 6.45) is -4.53. The lowest BCUT2D eigenvalue weighted by atomic mass is 10.2. The molecule has 1 aliphatic heterocycles. The molecule has 2 heterocycles. The van der Waals surface area contributed by atoms with Crippen LogP contribution in [0, 0.1) is 0 Å². The van der Waals surface area contributed by atoms with Gasteiger partial charge in [0.25, 0.3) is 0 Å². The fraction of sp³-hybridized carbons (Fsp3) is 0.455. The molecule has 0 spiro atoms. The largest absolute Gasteiger partial charge is 0.433 e. The zero-order valence-electron chi connectivity index (χ0n) is 10.3. The van der Waals surface area contributed by atoms with E-state index < -0.39 is 22.7 Å². The molecule has 110 valence electrons. The summed E-state index contributed by atoms with van der Waals surface area (Å²) in [6, 6.07) is 2.10. The minimum absolute atomic E-state index is 0.00656. The van der Waals surface area contributed by atoms with Crippen molar-refractivity contribution in [2.75, 3.05) is 29.5 Å². The first-order chi connectivity index (χ1) is 9.29. The summed E-state index contributed by atoms with van der Waals surface area (Å²) >= 11 is 4.85. The van der Waals surface area contributed by atoms with Crippen LogP contribution in [0.1, 0.15) is 11.3 Å². The van der Waals surface area contributed by atoms with Gasteiger partial charge in [-0.1, -0.05) is 12.2 Å². The molecule has 2 N–H and O–H groups in total. The van der Waals surface area contributed by atoms with Crippen LogP contribution in [0.2, 0.25) is 0 Å². The van der Waals surface area contributed by atoms with Crippen LogP contribution in [-0.4, -0.2) is 38.8 Å². The maximum Gasteiger partial charge on any atom is 0.433 e. The molecule has 2 rings (SSSR count). The normalized spacial score (nSPS) is 17.2. The molecule has 1 aliphatic rings. The summed E-state index contributed by atoms with van der Waals surface area (Å²) in [5.74, 6) is 0.910. The molecule has 1 saturated heterocycles. The van der Waals surface area contributed by atoms with Crippen molar-refractivity contribution in [2.45, 2.75) is 6.18 Å². The van der Waals surface area contributed by atoms with Crippen molar-refractivity contribution in [1.82, 2.24) is 4.98 Å². The van der Waals surface area contributed by atoms with E-state index in [0.29, 0.717) is 30.2 Å². The Morgan fingerprint density at radius 1 is 1.35 bits per heavy atom. The van der Waals surface area contributed by atoms with Crippen molar-refractivity contribution < 1.29 is 17.4 Å². The second kappa shape index (κ2) is 5.65. The minimum Gasteiger partial charge on any atom is -0.389 e. The van der Waals surface area contributed by atoms with Crippen molar-refractivity contribution in [3.63, 3.8) is 0 Å². The Balaban J connectivity index is 2.42. The smallest absolute Gasteiger partial charge is 0.389 e. The predicted molar refractivity (Wildman–Crippen MR) is 75.2 cm³/mol. The van der Waals surface area contributed by atoms with E-state index in [2.05, 4.69) is 4.98 Å². The number of nitrogens with zero attached hydrogens (tertiary/aromatic N) is 2. The van der Waals surface area contributed by atoms with Gasteiger partial charge in [0.2, 0.25) is 0 Å². The first-order valence-corrected chi connectivity index (χ1v) is 7.66. The fourth-order valence-electron chi connectivity index (χ4n) is 1.89. The lowest BCUT2D eigenvalue weighted by Gasteiger charge is -2.29. The van der Waals surface area contributed by atoms with E-state index in [1.807, 2.05) is 0 Å². The maximum absolute atomic E-state index is 12.7. The summed E-state index contributed by atoms with van der Waals surface area (Å²) in [6.45, 7) is 0.743. The van der Waals surface area contributed by atoms with Crippen molar-refractivity contribution in [3.8, 4) is 0 Å². The van der Waals surface area contributed by atoms with E-state index >= 15 is 0 Å². The van der Waals surface area contributed by atoms with Gasteiger partial charge in [-0.05, 0) is 12.1 Å². The van der Waals surface area contributed by atoms with Crippen molar-refractivity contribution in [1.29, 1.82) is 0 Å². The topological polar surface area (TPSA) is 59.2 Å². The lowest BCUT2D eigenvalue weighted by Crippen LogP contribution is -2.39. The fourth-order valence-corrected chi connectivity index (χ4v) is 3.10. The molecule has 20 heavy (non-hydrogen) atoms. The molecule has 0 radical (unpaired) electrons. The highest BCUT2D eigenvalue weighted by Crippen LogP contribution is 2.30. The molecular formula is C11H12F3N3OS2. The zero-order valence-corrected chi connectivity index (χ0v) is 11.9. The Labute approximate surface area is 121 Å². The van der Waals surface area contributed by atoms with Crippen LogP contribution in [0.3, 0.4) is 0 Å². The Kier molecular flexibility index (Phi) is 4.28. The van der Waals surface area contributed by atoms with Gasteiger partial charge in [0.05, 0.1) is 5.56 Å². The van der Waals surface area contributed by atoms with E-state index in [1.165, 1.54) is 6.07 Å². The van der Waals surface area contributed by atoms with Gasteiger partial charge in [-0.3, -0.25) is 4.21 Å². The highest BCUT2D eigenvalue weighted by Gasteiger charge is 2.34. The third kappa shape index (κ3) is 3.26. The second-order valence-electron chi connectivity index (χ2n) is 4.26. The summed E-state index contributed by atoms with van der Waals surface area (Å²) in [4.78, 5) is 5.29. The van der Waals surface area contributed by atoms with Gasteiger partial charge >= 0.3 is 6.18 Å². The van der Waals surface area contributed by atoms with E-state index in [0.717, 1.165) is 6.07 Å². The number of hydrogen-bond donors (Lipinski definition) is 1. The van der Waals surface area contributed by atoms with Gasteiger partial charge in [-0.25, -0.2) is 4.98 Å². The van der Waals surface area contributed by atoms with E-state index in [4.69, 9.17) is 18.0 Å². The number of halogens is 3. The van der Waals surface area contributed by atoms with Crippen LogP contribution >= 0.6 is 12.2 Å². The minimum atomic E-state index is -4.53. The summed E-state index contributed by atoms with van der Waals surface area (Å²) in [7, 11) is -0.930. The number of hydrogen-bond acceptors (Lipinski definition) is 4. The molecule has 0 aliphatic carbocycles. The van der Waals surface area contributed by atoms with E-state index in [9.17, 15) is 17.4 Å². The molecule has 0 aromatic carbocycles. The molecule has 1 aromatic rings. The highest BCUT2D eigenvalue weighted by atomic mass is 32.2. The summed E-state index contributed by atoms with van der Waals surface area (Å²) < 4.78 is 49.5. The van der Waals surface area contributed by atoms with Gasteiger partial charge in [0, 0.05) is 35.4 Å². The van der Waals surface area contributed by atoms with Gasteiger partial charge < -0.3 is 10.6 Å². The zero-order chi connectivity index (χ0) is 14.9. The molecule has 0 unspecified atom stereocenters. The van der Waals surface area contributed by atoms with Crippen LogP contribution in [0.4, 0.5) is 19.0 Å². The first kappa shape index (κ1) is 15.2. The number of aromatic nitrogens is 1. The average Bonchev–Trinajstić information content (AvgIpc) is 2.37. The number of alkyl halides is 3. The van der Waals surface area contributed by atoms with Gasteiger partial charge in [-0.15, -0.1) is 0 Å². The highest BCUT2D eigenvalue weighted by molar-refractivity contribution is 7.85. The predicted octanol–water partition coefficient (Wildman–Crippen LogP) is 1.30. The Morgan fingerprint density at radius 3 is 2.45 bits per heavy atom. The maximum atomic E-state index is 12.7. The standard InChI is InChI=1S/C11H12F3N3OS2/c12-11(13,14)8-2-1-7(9(15)19)10(16-8)17-3-5-20(18)6-4-17/h1-2H,3-6H2,(H2,15,19). The Hall–Kier alpha value is -1.22. The van der Waals surface area contributed by atoms with Crippen LogP contribution in [0.5, 0.6) is 0 Å². The third-order valence-electron chi connectivity index (χ3n) is 2.91. The number of pyridine rings is 1. The SMILES string of the molecule is NC(=S)c1ccc(C(F)(F)F)nc1N1CCS(=O)CC1. The molecule has 4 nitrogen and oxygen atoms in total. The Morgan fingerprint density at radius 2 is 1.95 bits per heavy atom. The number of thiocarbonyl (C=S) groups is 1. The van der Waals surface area contributed by atoms with Gasteiger partial charge in [0.15, 0.2) is 0 Å². The molecule has 0 saturated carbocycles. The first-order valence-electron chi connectivity index (χ1n) is 5.77. The molecule has 0 bridgehead atoms. The number of rotatable bonds is 2. The average molecular weight is 323 g/mol. The van der Waals surface area contributed by atoms with Gasteiger partial charge in [-0.2, -0.15) is 13.2 Å². The van der Waals surface area contributed by atoms with Crippen LogP contribution in [0.25, 0.3) is 0 Å². The molecule has 9 heteroatoms. The molecule has 0 amide bonds. The lowest BCUT2D eigenvalue weighted by molar-refractivity contribution is -0.141. The molecule has 1 fully saturated rings. The van der Waals surface area contributed by atoms with Crippen molar-refractivity contribution in [3.05, 3.63) is 23.4 Å². The van der Waals surface area contributed by atoms with Crippen molar-refractivity contribution >= 4 is 33.8 Å². The van der Waals surface area contributed by atoms with Crippen LogP contribution < -0.4 is 10.6 Å². The summed E-state index contributed by atoms with van der Waals surface area (Å²) in [5.41, 5.74) is 4.85. The molecular weight excluding hydrogens is 311 g/mol. The van der Waals surface area contributed by atoms with Crippen LogP contribution in [0.15, 0.2) is 12.1 Å². The molecule has 1 aromatic heterocycles. The number of nitrogens with two attached hydrogens (primary N) is 1.